The third-order valence-corrected chi connectivity index (χ3v) is 5.74. The Morgan fingerprint density at radius 2 is 2.12 bits per heavy atom. The predicted molar refractivity (Wildman–Crippen MR) is 89.8 cm³/mol. The smallest absolute Gasteiger partial charge is 0.326 e. The number of aliphatic imine (C=N–C) groups is 1. The zero-order chi connectivity index (χ0) is 18.2. The summed E-state index contributed by atoms with van der Waals surface area (Å²) in [6.07, 6.45) is 1.15. The van der Waals surface area contributed by atoms with E-state index in [2.05, 4.69) is 9.71 Å². The first-order chi connectivity index (χ1) is 11.8. The molecule has 0 bridgehead atoms. The first-order valence-corrected chi connectivity index (χ1v) is 9.50. The van der Waals surface area contributed by atoms with E-state index in [1.54, 1.807) is 25.1 Å². The maximum Gasteiger partial charge on any atom is 0.326 e. The Labute approximate surface area is 145 Å². The SMILES string of the molecule is CC(CC(=O)N1CCC[C@@H]1C(=O)O)N=C1NS(=O)(=O)c2ccccc21. The molecule has 2 aliphatic heterocycles. The van der Waals surface area contributed by atoms with Crippen molar-refractivity contribution >= 4 is 27.7 Å². The number of carboxylic acid groups (broad SMARTS) is 1. The van der Waals surface area contributed by atoms with Crippen LogP contribution in [0.1, 0.15) is 31.7 Å². The van der Waals surface area contributed by atoms with E-state index in [0.29, 0.717) is 24.9 Å². The number of nitrogens with zero attached hydrogens (tertiary/aromatic N) is 2. The molecule has 9 heteroatoms. The van der Waals surface area contributed by atoms with Gasteiger partial charge in [0.2, 0.25) is 5.91 Å². The fourth-order valence-electron chi connectivity index (χ4n) is 3.19. The zero-order valence-corrected chi connectivity index (χ0v) is 14.5. The summed E-state index contributed by atoms with van der Waals surface area (Å²) in [6, 6.07) is 5.24. The molecule has 2 atom stereocenters. The van der Waals surface area contributed by atoms with E-state index in [-0.39, 0.29) is 23.1 Å². The molecule has 0 spiro atoms. The Morgan fingerprint density at radius 3 is 2.84 bits per heavy atom. The van der Waals surface area contributed by atoms with Crippen molar-refractivity contribution in [3.05, 3.63) is 29.8 Å². The molecule has 1 aromatic rings. The largest absolute Gasteiger partial charge is 0.480 e. The van der Waals surface area contributed by atoms with Crippen LogP contribution in [-0.4, -0.2) is 54.8 Å². The Morgan fingerprint density at radius 1 is 1.40 bits per heavy atom. The molecule has 1 fully saturated rings. The van der Waals surface area contributed by atoms with Gasteiger partial charge >= 0.3 is 5.97 Å². The van der Waals surface area contributed by atoms with Crippen LogP contribution in [0.5, 0.6) is 0 Å². The Bertz CT molecular complexity index is 849. The molecule has 2 aliphatic rings. The van der Waals surface area contributed by atoms with Crippen molar-refractivity contribution < 1.29 is 23.1 Å². The highest BCUT2D eigenvalue weighted by molar-refractivity contribution is 7.90. The van der Waals surface area contributed by atoms with Gasteiger partial charge in [-0.1, -0.05) is 12.1 Å². The van der Waals surface area contributed by atoms with E-state index < -0.39 is 28.1 Å². The molecule has 8 nitrogen and oxygen atoms in total. The lowest BCUT2D eigenvalue weighted by Gasteiger charge is -2.22. The number of carbonyl (C=O) groups is 2. The number of sulfonamides is 1. The van der Waals surface area contributed by atoms with Gasteiger partial charge in [0.05, 0.1) is 10.9 Å². The number of amidine groups is 1. The van der Waals surface area contributed by atoms with Crippen LogP contribution in [-0.2, 0) is 19.6 Å². The van der Waals surface area contributed by atoms with Gasteiger partial charge in [-0.2, -0.15) is 0 Å². The van der Waals surface area contributed by atoms with Crippen LogP contribution in [0, 0.1) is 0 Å². The molecule has 2 N–H and O–H groups in total. The van der Waals surface area contributed by atoms with Crippen LogP contribution in [0.25, 0.3) is 0 Å². The first kappa shape index (κ1) is 17.4. The first-order valence-electron chi connectivity index (χ1n) is 8.02. The average molecular weight is 365 g/mol. The summed E-state index contributed by atoms with van der Waals surface area (Å²) in [4.78, 5) is 29.4. The number of nitrogens with one attached hydrogen (secondary N) is 1. The van der Waals surface area contributed by atoms with E-state index in [9.17, 15) is 18.0 Å². The summed E-state index contributed by atoms with van der Waals surface area (Å²) in [7, 11) is -3.62. The number of likely N-dealkylation sites (tertiary alicyclic amines) is 1. The van der Waals surface area contributed by atoms with Gasteiger partial charge in [0.25, 0.3) is 10.0 Å². The molecule has 0 aliphatic carbocycles. The highest BCUT2D eigenvalue weighted by Crippen LogP contribution is 2.23. The molecule has 1 aromatic carbocycles. The van der Waals surface area contributed by atoms with Crippen LogP contribution in [0.4, 0.5) is 0 Å². The molecule has 2 heterocycles. The van der Waals surface area contributed by atoms with Crippen LogP contribution < -0.4 is 4.72 Å². The van der Waals surface area contributed by atoms with E-state index in [4.69, 9.17) is 5.11 Å². The average Bonchev–Trinajstić information content (AvgIpc) is 3.12. The van der Waals surface area contributed by atoms with Crippen LogP contribution in [0.15, 0.2) is 34.2 Å². The standard InChI is InChI=1S/C16H19N3O5S/c1-10(9-14(20)19-8-4-6-12(19)16(21)22)17-15-11-5-2-3-7-13(11)25(23,24)18-15/h2-3,5,7,10,12H,4,6,8-9H2,1H3,(H,17,18)(H,21,22)/t10?,12-/m1/s1. The number of fused-ring (bicyclic) bond motifs is 1. The third kappa shape index (κ3) is 3.37. The highest BCUT2D eigenvalue weighted by Gasteiger charge is 2.35. The van der Waals surface area contributed by atoms with Gasteiger partial charge in [0, 0.05) is 18.5 Å². The summed E-state index contributed by atoms with van der Waals surface area (Å²) in [5, 5.41) is 9.17. The zero-order valence-electron chi connectivity index (χ0n) is 13.7. The second-order valence-corrected chi connectivity index (χ2v) is 7.87. The topological polar surface area (TPSA) is 116 Å². The summed E-state index contributed by atoms with van der Waals surface area (Å²) in [5.41, 5.74) is 0.478. The third-order valence-electron chi connectivity index (χ3n) is 4.34. The Balaban J connectivity index is 1.75. The van der Waals surface area contributed by atoms with Crippen molar-refractivity contribution in [3.8, 4) is 0 Å². The number of aliphatic carboxylic acids is 1. The predicted octanol–water partition coefficient (Wildman–Crippen LogP) is 0.579. The van der Waals surface area contributed by atoms with Crippen molar-refractivity contribution in [2.24, 2.45) is 4.99 Å². The molecule has 3 rings (SSSR count). The van der Waals surface area contributed by atoms with Gasteiger partial charge in [-0.05, 0) is 31.9 Å². The monoisotopic (exact) mass is 365 g/mol. The normalized spacial score (nSPS) is 24.0. The fraction of sp³-hybridized carbons (Fsp3) is 0.438. The molecule has 1 amide bonds. The summed E-state index contributed by atoms with van der Waals surface area (Å²) >= 11 is 0. The van der Waals surface area contributed by atoms with Crippen LogP contribution in [0.2, 0.25) is 0 Å². The minimum Gasteiger partial charge on any atom is -0.480 e. The lowest BCUT2D eigenvalue weighted by atomic mass is 10.1. The molecule has 0 radical (unpaired) electrons. The molecule has 25 heavy (non-hydrogen) atoms. The number of hydrogen-bond acceptors (Lipinski definition) is 5. The number of amides is 1. The maximum absolute atomic E-state index is 12.4. The Hall–Kier alpha value is -2.42. The number of hydrogen-bond donors (Lipinski definition) is 2. The maximum atomic E-state index is 12.4. The number of rotatable bonds is 4. The van der Waals surface area contributed by atoms with E-state index in [1.165, 1.54) is 11.0 Å². The summed E-state index contributed by atoms with van der Waals surface area (Å²) in [6.45, 7) is 2.13. The van der Waals surface area contributed by atoms with Gasteiger partial charge in [0.15, 0.2) is 0 Å². The van der Waals surface area contributed by atoms with Gasteiger partial charge in [-0.3, -0.25) is 14.5 Å². The van der Waals surface area contributed by atoms with Gasteiger partial charge < -0.3 is 10.0 Å². The van der Waals surface area contributed by atoms with Crippen molar-refractivity contribution in [1.82, 2.24) is 9.62 Å². The molecule has 0 saturated carbocycles. The quantitative estimate of drug-likeness (QED) is 0.810. The molecule has 1 saturated heterocycles. The second-order valence-electron chi connectivity index (χ2n) is 6.22. The minimum absolute atomic E-state index is 0.0250. The van der Waals surface area contributed by atoms with E-state index >= 15 is 0 Å². The van der Waals surface area contributed by atoms with Crippen molar-refractivity contribution in [2.45, 2.75) is 43.2 Å². The van der Waals surface area contributed by atoms with Crippen LogP contribution >= 0.6 is 0 Å². The van der Waals surface area contributed by atoms with Crippen molar-refractivity contribution in [1.29, 1.82) is 0 Å². The highest BCUT2D eigenvalue weighted by atomic mass is 32.2. The molecular weight excluding hydrogens is 346 g/mol. The fourth-order valence-corrected chi connectivity index (χ4v) is 4.43. The molecule has 134 valence electrons. The summed E-state index contributed by atoms with van der Waals surface area (Å²) < 4.78 is 26.5. The molecule has 1 unspecified atom stereocenters. The number of carbonyl (C=O) groups excluding carboxylic acids is 1. The van der Waals surface area contributed by atoms with Gasteiger partial charge in [-0.25, -0.2) is 13.2 Å². The van der Waals surface area contributed by atoms with Gasteiger partial charge in [0.1, 0.15) is 11.9 Å². The molecular formula is C16H19N3O5S. The lowest BCUT2D eigenvalue weighted by molar-refractivity contribution is -0.148. The van der Waals surface area contributed by atoms with Crippen molar-refractivity contribution in [2.75, 3.05) is 6.54 Å². The Kier molecular flexibility index (Phi) is 4.51. The number of benzene rings is 1. The summed E-state index contributed by atoms with van der Waals surface area (Å²) in [5.74, 6) is -1.06. The van der Waals surface area contributed by atoms with Gasteiger partial charge in [-0.15, -0.1) is 0 Å². The van der Waals surface area contributed by atoms with E-state index in [1.807, 2.05) is 0 Å². The van der Waals surface area contributed by atoms with Crippen molar-refractivity contribution in [3.63, 3.8) is 0 Å². The lowest BCUT2D eigenvalue weighted by Crippen LogP contribution is -2.41. The van der Waals surface area contributed by atoms with Crippen LogP contribution in [0.3, 0.4) is 0 Å². The second kappa shape index (κ2) is 6.47. The minimum atomic E-state index is -3.62. The number of carboxylic acids is 1. The molecule has 0 aromatic heterocycles. The van der Waals surface area contributed by atoms with E-state index in [0.717, 1.165) is 0 Å².